The second kappa shape index (κ2) is 5.82. The minimum atomic E-state index is -1.12. The van der Waals surface area contributed by atoms with Gasteiger partial charge in [0.05, 0.1) is 19.9 Å². The van der Waals surface area contributed by atoms with Gasteiger partial charge in [-0.15, -0.1) is 0 Å². The van der Waals surface area contributed by atoms with E-state index in [9.17, 15) is 4.79 Å². The average Bonchev–Trinajstić information content (AvgIpc) is 2.29. The molecule has 0 unspecified atom stereocenters. The molecule has 0 aliphatic rings. The maximum absolute atomic E-state index is 11.3. The molecule has 0 bridgehead atoms. The van der Waals surface area contributed by atoms with Crippen molar-refractivity contribution in [1.82, 2.24) is 0 Å². The number of amides is 1. The number of methoxy groups -OCH3 is 2. The van der Waals surface area contributed by atoms with E-state index in [0.717, 1.165) is 0 Å². The van der Waals surface area contributed by atoms with Crippen molar-refractivity contribution >= 4 is 34.8 Å². The van der Waals surface area contributed by atoms with E-state index in [0.29, 0.717) is 17.2 Å². The molecule has 0 aliphatic heterocycles. The molecular weight excluding hydrogens is 253 g/mol. The molecule has 4 nitrogen and oxygen atoms in total. The third kappa shape index (κ3) is 3.18. The summed E-state index contributed by atoms with van der Waals surface area (Å²) >= 11 is 10.8. The molecule has 0 saturated carbocycles. The summed E-state index contributed by atoms with van der Waals surface area (Å²) in [5, 5.41) is 2.53. The second-order valence-electron chi connectivity index (χ2n) is 2.86. The Bertz CT molecular complexity index is 382. The van der Waals surface area contributed by atoms with Crippen molar-refractivity contribution in [3.63, 3.8) is 0 Å². The van der Waals surface area contributed by atoms with Crippen molar-refractivity contribution in [1.29, 1.82) is 0 Å². The van der Waals surface area contributed by atoms with Crippen LogP contribution < -0.4 is 14.8 Å². The van der Waals surface area contributed by atoms with E-state index in [1.165, 1.54) is 7.11 Å². The van der Waals surface area contributed by atoms with Gasteiger partial charge in [-0.25, -0.2) is 0 Å². The molecule has 0 atom stereocenters. The van der Waals surface area contributed by atoms with Gasteiger partial charge in [-0.05, 0) is 12.1 Å². The molecule has 0 fully saturated rings. The molecule has 6 heteroatoms. The first-order chi connectivity index (χ1) is 7.58. The van der Waals surface area contributed by atoms with Crippen LogP contribution in [0.4, 0.5) is 5.69 Å². The van der Waals surface area contributed by atoms with Gasteiger partial charge in [-0.1, -0.05) is 23.2 Å². The van der Waals surface area contributed by atoms with Crippen LogP contribution in [0.25, 0.3) is 0 Å². The Morgan fingerprint density at radius 2 is 2.00 bits per heavy atom. The number of benzene rings is 1. The number of anilines is 1. The molecule has 16 heavy (non-hydrogen) atoms. The number of ether oxygens (including phenoxy) is 2. The van der Waals surface area contributed by atoms with Crippen molar-refractivity contribution in [3.8, 4) is 11.5 Å². The molecule has 0 aliphatic carbocycles. The Morgan fingerprint density at radius 1 is 1.31 bits per heavy atom. The Labute approximate surface area is 103 Å². The van der Waals surface area contributed by atoms with Crippen LogP contribution in [0.3, 0.4) is 0 Å². The lowest BCUT2D eigenvalue weighted by Crippen LogP contribution is -2.18. The fourth-order valence-electron chi connectivity index (χ4n) is 1.09. The van der Waals surface area contributed by atoms with Crippen LogP contribution in [0.2, 0.25) is 0 Å². The zero-order valence-electron chi connectivity index (χ0n) is 8.79. The van der Waals surface area contributed by atoms with Crippen molar-refractivity contribution in [2.75, 3.05) is 19.5 Å². The minimum Gasteiger partial charge on any atom is -0.497 e. The van der Waals surface area contributed by atoms with Crippen molar-refractivity contribution in [2.24, 2.45) is 0 Å². The first kappa shape index (κ1) is 12.9. The van der Waals surface area contributed by atoms with Crippen LogP contribution in [0.15, 0.2) is 18.2 Å². The highest BCUT2D eigenvalue weighted by atomic mass is 35.5. The predicted octanol–water partition coefficient (Wildman–Crippen LogP) is 2.45. The van der Waals surface area contributed by atoms with E-state index >= 15 is 0 Å². The van der Waals surface area contributed by atoms with Gasteiger partial charge in [0.25, 0.3) is 5.91 Å². The van der Waals surface area contributed by atoms with Crippen LogP contribution in [0.5, 0.6) is 11.5 Å². The van der Waals surface area contributed by atoms with Crippen LogP contribution in [-0.4, -0.2) is 25.0 Å². The summed E-state index contributed by atoms with van der Waals surface area (Å²) in [4.78, 5) is 10.2. The topological polar surface area (TPSA) is 47.6 Å². The van der Waals surface area contributed by atoms with E-state index in [4.69, 9.17) is 32.7 Å². The third-order valence-electron chi connectivity index (χ3n) is 1.86. The zero-order chi connectivity index (χ0) is 12.1. The van der Waals surface area contributed by atoms with Gasteiger partial charge in [-0.2, -0.15) is 0 Å². The molecule has 0 saturated heterocycles. The monoisotopic (exact) mass is 263 g/mol. The number of carbonyl (C=O) groups excluding carboxylic acids is 1. The van der Waals surface area contributed by atoms with E-state index < -0.39 is 10.7 Å². The summed E-state index contributed by atoms with van der Waals surface area (Å²) in [6, 6.07) is 4.98. The first-order valence-electron chi connectivity index (χ1n) is 4.39. The van der Waals surface area contributed by atoms with Gasteiger partial charge in [0.1, 0.15) is 11.5 Å². The van der Waals surface area contributed by atoms with Crippen molar-refractivity contribution in [3.05, 3.63) is 18.2 Å². The van der Waals surface area contributed by atoms with Crippen molar-refractivity contribution < 1.29 is 14.3 Å². The predicted molar refractivity (Wildman–Crippen MR) is 63.7 cm³/mol. The molecule has 1 aromatic carbocycles. The molecular formula is C10H11Cl2NO3. The largest absolute Gasteiger partial charge is 0.497 e. The summed E-state index contributed by atoms with van der Waals surface area (Å²) in [6.45, 7) is 0. The standard InChI is InChI=1S/C10H11Cl2NO3/c1-15-6-3-4-7(8(5-6)16-2)13-10(14)9(11)12/h3-5,9H,1-2H3,(H,13,14). The summed E-state index contributed by atoms with van der Waals surface area (Å²) in [7, 11) is 3.03. The molecule has 1 rings (SSSR count). The van der Waals surface area contributed by atoms with Gasteiger partial charge >= 0.3 is 0 Å². The molecule has 1 aromatic rings. The normalized spacial score (nSPS) is 10.1. The van der Waals surface area contributed by atoms with E-state index in [1.807, 2.05) is 0 Å². The Morgan fingerprint density at radius 3 is 2.50 bits per heavy atom. The highest BCUT2D eigenvalue weighted by Gasteiger charge is 2.14. The summed E-state index contributed by atoms with van der Waals surface area (Å²) in [6.07, 6.45) is 0. The number of nitrogens with one attached hydrogen (secondary N) is 1. The van der Waals surface area contributed by atoms with Gasteiger partial charge in [0.15, 0.2) is 4.84 Å². The van der Waals surface area contributed by atoms with E-state index in [1.54, 1.807) is 25.3 Å². The second-order valence-corrected chi connectivity index (χ2v) is 3.95. The number of carbonyl (C=O) groups is 1. The Hall–Kier alpha value is -1.13. The zero-order valence-corrected chi connectivity index (χ0v) is 10.3. The fourth-order valence-corrected chi connectivity index (χ4v) is 1.20. The Balaban J connectivity index is 2.91. The number of alkyl halides is 2. The first-order valence-corrected chi connectivity index (χ1v) is 5.26. The quantitative estimate of drug-likeness (QED) is 0.849. The van der Waals surface area contributed by atoms with Crippen LogP contribution in [0.1, 0.15) is 0 Å². The number of hydrogen-bond donors (Lipinski definition) is 1. The highest BCUT2D eigenvalue weighted by Crippen LogP contribution is 2.29. The summed E-state index contributed by atoms with van der Waals surface area (Å²) in [5.41, 5.74) is 0.486. The van der Waals surface area contributed by atoms with Gasteiger partial charge in [-0.3, -0.25) is 4.79 Å². The molecule has 0 spiro atoms. The number of rotatable bonds is 4. The number of halogens is 2. The average molecular weight is 264 g/mol. The van der Waals surface area contributed by atoms with Crippen LogP contribution >= 0.6 is 23.2 Å². The third-order valence-corrected chi connectivity index (χ3v) is 2.26. The van der Waals surface area contributed by atoms with E-state index in [2.05, 4.69) is 5.32 Å². The molecule has 88 valence electrons. The molecule has 0 heterocycles. The maximum atomic E-state index is 11.3. The molecule has 0 aromatic heterocycles. The van der Waals surface area contributed by atoms with Gasteiger partial charge in [0.2, 0.25) is 0 Å². The number of hydrogen-bond acceptors (Lipinski definition) is 3. The minimum absolute atomic E-state index is 0.474. The summed E-state index contributed by atoms with van der Waals surface area (Å²) < 4.78 is 10.1. The van der Waals surface area contributed by atoms with E-state index in [-0.39, 0.29) is 0 Å². The highest BCUT2D eigenvalue weighted by molar-refractivity contribution is 6.54. The lowest BCUT2D eigenvalue weighted by Gasteiger charge is -2.11. The smallest absolute Gasteiger partial charge is 0.257 e. The Kier molecular flexibility index (Phi) is 4.71. The lowest BCUT2D eigenvalue weighted by atomic mass is 10.2. The fraction of sp³-hybridized carbons (Fsp3) is 0.300. The lowest BCUT2D eigenvalue weighted by molar-refractivity contribution is -0.114. The molecule has 0 radical (unpaired) electrons. The van der Waals surface area contributed by atoms with Crippen LogP contribution in [0, 0.1) is 0 Å². The molecule has 1 N–H and O–H groups in total. The van der Waals surface area contributed by atoms with Gasteiger partial charge in [0, 0.05) is 6.07 Å². The van der Waals surface area contributed by atoms with Crippen LogP contribution in [-0.2, 0) is 4.79 Å². The van der Waals surface area contributed by atoms with Gasteiger partial charge < -0.3 is 14.8 Å². The summed E-state index contributed by atoms with van der Waals surface area (Å²) in [5.74, 6) is 0.594. The molecule has 1 amide bonds. The SMILES string of the molecule is COc1ccc(NC(=O)C(Cl)Cl)c(OC)c1. The maximum Gasteiger partial charge on any atom is 0.257 e. The van der Waals surface area contributed by atoms with Crippen molar-refractivity contribution in [2.45, 2.75) is 4.84 Å².